The number of methoxy groups -OCH3 is 1. The van der Waals surface area contributed by atoms with Crippen LogP contribution in [0.15, 0.2) is 4.99 Å². The molecular formula is C20H38N6O. The number of rotatable bonds is 9. The number of piperidine rings is 1. The smallest absolute Gasteiger partial charge is 0.191 e. The standard InChI is InChI=1S/C20H38N6O/c1-6-18-17(19(7-2)25(4)24-18)15-22-20(21-8-3)23-16-9-11-26(12-10-16)13-14-27-5/h16H,6-15H2,1-5H3,(H2,21,22,23). The maximum absolute atomic E-state index is 5.19. The topological polar surface area (TPSA) is 66.7 Å². The Morgan fingerprint density at radius 3 is 2.56 bits per heavy atom. The summed E-state index contributed by atoms with van der Waals surface area (Å²) in [5.41, 5.74) is 3.74. The van der Waals surface area contributed by atoms with E-state index in [4.69, 9.17) is 9.73 Å². The number of aromatic nitrogens is 2. The van der Waals surface area contributed by atoms with Gasteiger partial charge in [-0.05, 0) is 32.6 Å². The molecule has 2 N–H and O–H groups in total. The van der Waals surface area contributed by atoms with Crippen molar-refractivity contribution >= 4 is 5.96 Å². The molecular weight excluding hydrogens is 340 g/mol. The van der Waals surface area contributed by atoms with Crippen LogP contribution in [-0.4, -0.2) is 66.6 Å². The van der Waals surface area contributed by atoms with Gasteiger partial charge >= 0.3 is 0 Å². The number of aryl methyl sites for hydroxylation is 2. The summed E-state index contributed by atoms with van der Waals surface area (Å²) in [7, 11) is 3.80. The van der Waals surface area contributed by atoms with Crippen molar-refractivity contribution in [1.82, 2.24) is 25.3 Å². The summed E-state index contributed by atoms with van der Waals surface area (Å²) in [4.78, 5) is 7.36. The van der Waals surface area contributed by atoms with Crippen LogP contribution in [0.25, 0.3) is 0 Å². The zero-order valence-electron chi connectivity index (χ0n) is 17.8. The SMILES string of the molecule is CCNC(=NCc1c(CC)nn(C)c1CC)NC1CCN(CCOC)CC1. The van der Waals surface area contributed by atoms with Gasteiger partial charge < -0.3 is 20.3 Å². The lowest BCUT2D eigenvalue weighted by molar-refractivity contribution is 0.128. The van der Waals surface area contributed by atoms with Gasteiger partial charge in [-0.2, -0.15) is 5.10 Å². The Hall–Kier alpha value is -1.60. The first kappa shape index (κ1) is 21.7. The molecule has 27 heavy (non-hydrogen) atoms. The Labute approximate surface area is 164 Å². The highest BCUT2D eigenvalue weighted by Crippen LogP contribution is 2.17. The van der Waals surface area contributed by atoms with Crippen molar-refractivity contribution in [2.75, 3.05) is 39.9 Å². The van der Waals surface area contributed by atoms with E-state index >= 15 is 0 Å². The predicted octanol–water partition coefficient (Wildman–Crippen LogP) is 1.71. The van der Waals surface area contributed by atoms with Crippen molar-refractivity contribution in [1.29, 1.82) is 0 Å². The molecule has 1 saturated heterocycles. The average Bonchev–Trinajstić information content (AvgIpc) is 3.00. The van der Waals surface area contributed by atoms with Crippen molar-refractivity contribution < 1.29 is 4.74 Å². The zero-order chi connectivity index (χ0) is 19.6. The summed E-state index contributed by atoms with van der Waals surface area (Å²) in [6.45, 7) is 12.1. The quantitative estimate of drug-likeness (QED) is 0.506. The van der Waals surface area contributed by atoms with Gasteiger partial charge in [-0.3, -0.25) is 4.68 Å². The normalized spacial score (nSPS) is 16.7. The number of guanidine groups is 1. The zero-order valence-corrected chi connectivity index (χ0v) is 17.8. The fourth-order valence-electron chi connectivity index (χ4n) is 3.77. The number of nitrogens with zero attached hydrogens (tertiary/aromatic N) is 4. The van der Waals surface area contributed by atoms with Crippen LogP contribution >= 0.6 is 0 Å². The van der Waals surface area contributed by atoms with Crippen LogP contribution in [0.1, 0.15) is 50.6 Å². The van der Waals surface area contributed by atoms with Crippen LogP contribution < -0.4 is 10.6 Å². The number of likely N-dealkylation sites (tertiary alicyclic amines) is 1. The van der Waals surface area contributed by atoms with E-state index in [-0.39, 0.29) is 0 Å². The van der Waals surface area contributed by atoms with E-state index in [2.05, 4.69) is 41.4 Å². The molecule has 7 nitrogen and oxygen atoms in total. The lowest BCUT2D eigenvalue weighted by Gasteiger charge is -2.32. The molecule has 1 aromatic rings. The first-order valence-electron chi connectivity index (χ1n) is 10.4. The van der Waals surface area contributed by atoms with E-state index in [9.17, 15) is 0 Å². The van der Waals surface area contributed by atoms with Crippen LogP contribution in [0.4, 0.5) is 0 Å². The van der Waals surface area contributed by atoms with Gasteiger partial charge in [0, 0.05) is 57.6 Å². The maximum Gasteiger partial charge on any atom is 0.191 e. The van der Waals surface area contributed by atoms with Crippen LogP contribution in [0.2, 0.25) is 0 Å². The number of aliphatic imine (C=N–C) groups is 1. The Morgan fingerprint density at radius 1 is 1.22 bits per heavy atom. The highest BCUT2D eigenvalue weighted by Gasteiger charge is 2.20. The van der Waals surface area contributed by atoms with Gasteiger partial charge in [0.05, 0.1) is 18.8 Å². The minimum absolute atomic E-state index is 0.479. The fraction of sp³-hybridized carbons (Fsp3) is 0.800. The molecule has 154 valence electrons. The molecule has 1 aliphatic heterocycles. The number of nitrogens with one attached hydrogen (secondary N) is 2. The fourth-order valence-corrected chi connectivity index (χ4v) is 3.77. The van der Waals surface area contributed by atoms with Crippen LogP contribution in [0.3, 0.4) is 0 Å². The van der Waals surface area contributed by atoms with E-state index < -0.39 is 0 Å². The van der Waals surface area contributed by atoms with Crippen LogP contribution in [-0.2, 0) is 31.2 Å². The van der Waals surface area contributed by atoms with Gasteiger partial charge in [-0.25, -0.2) is 4.99 Å². The molecule has 2 rings (SSSR count). The Kier molecular flexibility index (Phi) is 9.07. The minimum atomic E-state index is 0.479. The average molecular weight is 379 g/mol. The number of ether oxygens (including phenoxy) is 1. The second-order valence-electron chi connectivity index (χ2n) is 7.15. The van der Waals surface area contributed by atoms with Crippen molar-refractivity contribution in [3.63, 3.8) is 0 Å². The Morgan fingerprint density at radius 2 is 1.96 bits per heavy atom. The van der Waals surface area contributed by atoms with Crippen molar-refractivity contribution in [3.05, 3.63) is 17.0 Å². The summed E-state index contributed by atoms with van der Waals surface area (Å²) >= 11 is 0. The molecule has 7 heteroatoms. The highest BCUT2D eigenvalue weighted by molar-refractivity contribution is 5.80. The van der Waals surface area contributed by atoms with Gasteiger partial charge in [0.25, 0.3) is 0 Å². The summed E-state index contributed by atoms with van der Waals surface area (Å²) in [5.74, 6) is 0.917. The third-order valence-electron chi connectivity index (χ3n) is 5.31. The molecule has 0 radical (unpaired) electrons. The molecule has 0 spiro atoms. The summed E-state index contributed by atoms with van der Waals surface area (Å²) in [5, 5.41) is 11.7. The number of hydrogen-bond acceptors (Lipinski definition) is 4. The third-order valence-corrected chi connectivity index (χ3v) is 5.31. The molecule has 0 aliphatic carbocycles. The molecule has 1 aliphatic rings. The van der Waals surface area contributed by atoms with Gasteiger partial charge in [-0.15, -0.1) is 0 Å². The van der Waals surface area contributed by atoms with Crippen molar-refractivity contribution in [2.45, 2.75) is 59.0 Å². The minimum Gasteiger partial charge on any atom is -0.383 e. The van der Waals surface area contributed by atoms with Crippen LogP contribution in [0, 0.1) is 0 Å². The first-order valence-corrected chi connectivity index (χ1v) is 10.4. The van der Waals surface area contributed by atoms with E-state index in [1.165, 1.54) is 17.0 Å². The van der Waals surface area contributed by atoms with E-state index in [1.807, 2.05) is 11.7 Å². The molecule has 1 fully saturated rings. The molecule has 0 unspecified atom stereocenters. The molecule has 0 saturated carbocycles. The number of hydrogen-bond donors (Lipinski definition) is 2. The summed E-state index contributed by atoms with van der Waals surface area (Å²) in [6.07, 6.45) is 4.21. The van der Waals surface area contributed by atoms with Gasteiger partial charge in [0.2, 0.25) is 0 Å². The van der Waals surface area contributed by atoms with Crippen LogP contribution in [0.5, 0.6) is 0 Å². The van der Waals surface area contributed by atoms with Gasteiger partial charge in [0.15, 0.2) is 5.96 Å². The van der Waals surface area contributed by atoms with Gasteiger partial charge in [0.1, 0.15) is 0 Å². The highest BCUT2D eigenvalue weighted by atomic mass is 16.5. The van der Waals surface area contributed by atoms with Gasteiger partial charge in [-0.1, -0.05) is 13.8 Å². The molecule has 1 aromatic heterocycles. The van der Waals surface area contributed by atoms with E-state index in [0.717, 1.165) is 64.4 Å². The molecule has 0 amide bonds. The third kappa shape index (κ3) is 6.21. The first-order chi connectivity index (χ1) is 13.1. The molecule has 2 heterocycles. The van der Waals surface area contributed by atoms with E-state index in [0.29, 0.717) is 12.6 Å². The van der Waals surface area contributed by atoms with Crippen molar-refractivity contribution in [2.24, 2.45) is 12.0 Å². The molecule has 0 bridgehead atoms. The largest absolute Gasteiger partial charge is 0.383 e. The lowest BCUT2D eigenvalue weighted by atomic mass is 10.1. The predicted molar refractivity (Wildman–Crippen MR) is 111 cm³/mol. The Balaban J connectivity index is 1.97. The monoisotopic (exact) mass is 378 g/mol. The summed E-state index contributed by atoms with van der Waals surface area (Å²) < 4.78 is 7.20. The summed E-state index contributed by atoms with van der Waals surface area (Å²) in [6, 6.07) is 0.479. The Bertz CT molecular complexity index is 590. The van der Waals surface area contributed by atoms with Crippen molar-refractivity contribution in [3.8, 4) is 0 Å². The second kappa shape index (κ2) is 11.3. The molecule has 0 atom stereocenters. The maximum atomic E-state index is 5.19. The molecule has 0 aromatic carbocycles. The second-order valence-corrected chi connectivity index (χ2v) is 7.15. The van der Waals surface area contributed by atoms with E-state index in [1.54, 1.807) is 7.11 Å². The lowest BCUT2D eigenvalue weighted by Crippen LogP contribution is -2.49.